The van der Waals surface area contributed by atoms with Crippen molar-refractivity contribution in [3.63, 3.8) is 0 Å². The van der Waals surface area contributed by atoms with Crippen molar-refractivity contribution >= 4 is 44.8 Å². The number of amides is 2. The van der Waals surface area contributed by atoms with Gasteiger partial charge in [-0.15, -0.1) is 0 Å². The molecular formula is C26H22BrN3O8. The number of benzene rings is 3. The highest BCUT2D eigenvalue weighted by Gasteiger charge is 2.60. The number of aromatic hydroxyl groups is 1. The summed E-state index contributed by atoms with van der Waals surface area (Å²) in [6.07, 6.45) is -1.19. The Hall–Kier alpha value is -4.16. The maximum absolute atomic E-state index is 13.9. The van der Waals surface area contributed by atoms with E-state index in [0.717, 1.165) is 4.90 Å². The van der Waals surface area contributed by atoms with Crippen molar-refractivity contribution in [3.8, 4) is 17.2 Å². The molecule has 1 N–H and O–H groups in total. The molecule has 0 aromatic heterocycles. The van der Waals surface area contributed by atoms with Crippen molar-refractivity contribution in [2.24, 2.45) is 5.92 Å². The molecule has 196 valence electrons. The molecule has 2 saturated heterocycles. The average molecular weight is 584 g/mol. The van der Waals surface area contributed by atoms with Gasteiger partial charge in [-0.1, -0.05) is 12.1 Å². The van der Waals surface area contributed by atoms with Crippen LogP contribution in [0, 0.1) is 16.0 Å². The van der Waals surface area contributed by atoms with Crippen molar-refractivity contribution in [1.29, 1.82) is 0 Å². The fourth-order valence-corrected chi connectivity index (χ4v) is 5.23. The molecule has 2 amide bonds. The Bertz CT molecular complexity index is 1450. The van der Waals surface area contributed by atoms with Crippen molar-refractivity contribution in [2.45, 2.75) is 19.1 Å². The number of non-ortho nitro benzene ring substituents is 1. The summed E-state index contributed by atoms with van der Waals surface area (Å²) >= 11 is 3.31. The summed E-state index contributed by atoms with van der Waals surface area (Å²) in [5.74, 6) is -1.58. The number of halogens is 1. The van der Waals surface area contributed by atoms with E-state index in [1.165, 1.54) is 36.4 Å². The summed E-state index contributed by atoms with van der Waals surface area (Å²) in [6, 6.07) is 14.6. The molecule has 2 aliphatic heterocycles. The van der Waals surface area contributed by atoms with E-state index in [4.69, 9.17) is 14.3 Å². The van der Waals surface area contributed by atoms with Crippen LogP contribution in [0.1, 0.15) is 18.5 Å². The molecule has 12 heteroatoms. The van der Waals surface area contributed by atoms with E-state index >= 15 is 0 Å². The molecule has 2 fully saturated rings. The molecule has 3 atom stereocenters. The number of hydrogen-bond donors (Lipinski definition) is 1. The minimum Gasteiger partial charge on any atom is -0.503 e. The molecule has 3 aromatic carbocycles. The van der Waals surface area contributed by atoms with Gasteiger partial charge in [0.2, 0.25) is 5.91 Å². The van der Waals surface area contributed by atoms with Gasteiger partial charge in [0.15, 0.2) is 17.6 Å². The highest BCUT2D eigenvalue weighted by molar-refractivity contribution is 9.10. The van der Waals surface area contributed by atoms with Gasteiger partial charge in [0.05, 0.1) is 40.5 Å². The number of hydroxylamine groups is 1. The van der Waals surface area contributed by atoms with Gasteiger partial charge in [-0.25, -0.2) is 9.96 Å². The summed E-state index contributed by atoms with van der Waals surface area (Å²) in [5.41, 5.74) is 0.927. The van der Waals surface area contributed by atoms with Gasteiger partial charge in [-0.2, -0.15) is 0 Å². The molecule has 0 aliphatic carbocycles. The predicted molar refractivity (Wildman–Crippen MR) is 139 cm³/mol. The number of fused-ring (bicyclic) bond motifs is 1. The predicted octanol–water partition coefficient (Wildman–Crippen LogP) is 4.52. The first-order chi connectivity index (χ1) is 18.2. The van der Waals surface area contributed by atoms with Crippen molar-refractivity contribution < 1.29 is 33.9 Å². The summed E-state index contributed by atoms with van der Waals surface area (Å²) in [7, 11) is 1.38. The lowest BCUT2D eigenvalue weighted by molar-refractivity contribution is -0.384. The number of nitro benzene ring substituents is 1. The number of carbonyl (C=O) groups excluding carboxylic acids is 2. The van der Waals surface area contributed by atoms with Gasteiger partial charge < -0.3 is 14.6 Å². The number of ether oxygens (including phenoxy) is 2. The van der Waals surface area contributed by atoms with Gasteiger partial charge in [0, 0.05) is 18.2 Å². The summed E-state index contributed by atoms with van der Waals surface area (Å²) in [4.78, 5) is 45.5. The van der Waals surface area contributed by atoms with Crippen LogP contribution in [0.15, 0.2) is 65.1 Å². The number of imide groups is 1. The van der Waals surface area contributed by atoms with E-state index in [9.17, 15) is 24.8 Å². The van der Waals surface area contributed by atoms with Crippen molar-refractivity contribution in [2.75, 3.05) is 23.7 Å². The molecule has 0 spiro atoms. The first-order valence-electron chi connectivity index (χ1n) is 11.6. The monoisotopic (exact) mass is 583 g/mol. The van der Waals surface area contributed by atoms with E-state index in [2.05, 4.69) is 15.9 Å². The fraction of sp³-hybridized carbons (Fsp3) is 0.231. The Morgan fingerprint density at radius 3 is 2.53 bits per heavy atom. The van der Waals surface area contributed by atoms with Gasteiger partial charge in [0.1, 0.15) is 11.7 Å². The Kier molecular flexibility index (Phi) is 6.67. The third-order valence-electron chi connectivity index (χ3n) is 6.41. The molecule has 38 heavy (non-hydrogen) atoms. The number of nitro groups is 1. The largest absolute Gasteiger partial charge is 0.503 e. The number of carbonyl (C=O) groups is 2. The van der Waals surface area contributed by atoms with Crippen molar-refractivity contribution in [3.05, 3.63) is 80.8 Å². The van der Waals surface area contributed by atoms with Crippen LogP contribution in [-0.2, 0) is 14.4 Å². The Morgan fingerprint density at radius 1 is 1.08 bits per heavy atom. The lowest BCUT2D eigenvalue weighted by Crippen LogP contribution is -2.37. The molecule has 3 unspecified atom stereocenters. The maximum Gasteiger partial charge on any atom is 0.271 e. The number of hydrogen-bond acceptors (Lipinski definition) is 9. The van der Waals surface area contributed by atoms with Crippen LogP contribution in [0.3, 0.4) is 0 Å². The number of methoxy groups -OCH3 is 1. The number of nitrogens with zero attached hydrogens (tertiary/aromatic N) is 3. The second-order valence-electron chi connectivity index (χ2n) is 8.60. The number of rotatable bonds is 7. The molecular weight excluding hydrogens is 562 g/mol. The van der Waals surface area contributed by atoms with E-state index < -0.39 is 34.8 Å². The topological polar surface area (TPSA) is 132 Å². The Balaban J connectivity index is 1.62. The molecule has 0 bridgehead atoms. The normalized spacial score (nSPS) is 20.6. The summed E-state index contributed by atoms with van der Waals surface area (Å²) in [6.45, 7) is 2.24. The van der Waals surface area contributed by atoms with Crippen LogP contribution in [0.2, 0.25) is 0 Å². The number of phenolic OH excluding ortho intramolecular Hbond substituents is 1. The smallest absolute Gasteiger partial charge is 0.271 e. The first-order valence-corrected chi connectivity index (χ1v) is 12.4. The maximum atomic E-state index is 13.9. The van der Waals surface area contributed by atoms with Gasteiger partial charge in [0.25, 0.3) is 11.6 Å². The third kappa shape index (κ3) is 4.21. The van der Waals surface area contributed by atoms with Crippen LogP contribution in [0.4, 0.5) is 17.1 Å². The second-order valence-corrected chi connectivity index (χ2v) is 9.45. The van der Waals surface area contributed by atoms with Gasteiger partial charge >= 0.3 is 0 Å². The van der Waals surface area contributed by atoms with E-state index in [0.29, 0.717) is 28.1 Å². The minimum absolute atomic E-state index is 0.134. The van der Waals surface area contributed by atoms with E-state index in [1.807, 2.05) is 6.92 Å². The second kappa shape index (κ2) is 9.95. The minimum atomic E-state index is -1.19. The lowest BCUT2D eigenvalue weighted by atomic mass is 9.90. The standard InChI is InChI=1S/C26H22BrN3O8/c1-3-37-18-9-5-6-15(13-18)28-25(32)21-22(14-10-19(27)23(31)20(11-14)36-2)29(38-24(21)26(28)33)16-7-4-8-17(12-16)30(34)35/h4-13,21-22,24,31H,3H2,1-2H3. The van der Waals surface area contributed by atoms with Gasteiger partial charge in [-0.3, -0.25) is 24.5 Å². The highest BCUT2D eigenvalue weighted by Crippen LogP contribution is 2.50. The third-order valence-corrected chi connectivity index (χ3v) is 7.01. The van der Waals surface area contributed by atoms with Crippen LogP contribution in [0.25, 0.3) is 0 Å². The summed E-state index contributed by atoms with van der Waals surface area (Å²) in [5, 5.41) is 23.1. The average Bonchev–Trinajstić information content (AvgIpc) is 3.41. The first kappa shape index (κ1) is 25.5. The number of anilines is 2. The molecule has 3 aromatic rings. The van der Waals surface area contributed by atoms with E-state index in [-0.39, 0.29) is 22.9 Å². The van der Waals surface area contributed by atoms with E-state index in [1.54, 1.807) is 36.4 Å². The highest BCUT2D eigenvalue weighted by atomic mass is 79.9. The molecule has 2 heterocycles. The quantitative estimate of drug-likeness (QED) is 0.242. The van der Waals surface area contributed by atoms with Crippen LogP contribution < -0.4 is 19.4 Å². The summed E-state index contributed by atoms with van der Waals surface area (Å²) < 4.78 is 11.1. The SMILES string of the molecule is CCOc1cccc(N2C(=O)C3ON(c4cccc([N+](=O)[O-])c4)C(c4cc(Br)c(O)c(OC)c4)C3C2=O)c1. The zero-order valence-corrected chi connectivity index (χ0v) is 21.8. The Labute approximate surface area is 225 Å². The molecule has 0 radical (unpaired) electrons. The molecule has 5 rings (SSSR count). The van der Waals surface area contributed by atoms with Crippen LogP contribution in [0.5, 0.6) is 17.2 Å². The number of phenols is 1. The van der Waals surface area contributed by atoms with Crippen molar-refractivity contribution in [1.82, 2.24) is 0 Å². The zero-order valence-electron chi connectivity index (χ0n) is 20.2. The molecule has 2 aliphatic rings. The Morgan fingerprint density at radius 2 is 1.82 bits per heavy atom. The fourth-order valence-electron chi connectivity index (χ4n) is 4.77. The van der Waals surface area contributed by atoms with Crippen LogP contribution >= 0.6 is 15.9 Å². The van der Waals surface area contributed by atoms with Gasteiger partial charge in [-0.05, 0) is 58.7 Å². The lowest BCUT2D eigenvalue weighted by Gasteiger charge is -2.29. The molecule has 0 saturated carbocycles. The van der Waals surface area contributed by atoms with Crippen LogP contribution in [-0.4, -0.2) is 41.7 Å². The zero-order chi connectivity index (χ0) is 27.1. The molecule has 11 nitrogen and oxygen atoms in total.